The molecule has 0 bridgehead atoms. The molecular weight excluding hydrogens is 807 g/mol. The molecule has 0 saturated carbocycles. The van der Waals surface area contributed by atoms with Crippen molar-refractivity contribution in [2.75, 3.05) is 49.1 Å². The third kappa shape index (κ3) is 14.4. The minimum absolute atomic E-state index is 0.00776. The lowest BCUT2D eigenvalue weighted by molar-refractivity contribution is -0.150. The zero-order valence-electron chi connectivity index (χ0n) is 40.0. The molecule has 2 aromatic rings. The number of rotatable bonds is 26. The molecule has 4 amide bonds. The summed E-state index contributed by atoms with van der Waals surface area (Å²) in [4.78, 5) is 59.5. The van der Waals surface area contributed by atoms with E-state index in [2.05, 4.69) is 16.0 Å². The maximum Gasteiger partial charge on any atom is 0.245 e. The van der Waals surface area contributed by atoms with E-state index >= 15 is 0 Å². The van der Waals surface area contributed by atoms with E-state index in [-0.39, 0.29) is 60.8 Å². The summed E-state index contributed by atoms with van der Waals surface area (Å²) in [5, 5.41) is 20.5. The molecule has 1 unspecified atom stereocenters. The zero-order chi connectivity index (χ0) is 47.0. The summed E-state index contributed by atoms with van der Waals surface area (Å²) in [5.74, 6) is -0.832. The van der Waals surface area contributed by atoms with E-state index in [1.807, 2.05) is 71.9 Å². The van der Waals surface area contributed by atoms with Crippen molar-refractivity contribution in [3.63, 3.8) is 0 Å². The number of nitrogens with zero attached hydrogens (tertiary/aromatic N) is 2. The smallest absolute Gasteiger partial charge is 0.245 e. The molecule has 0 aromatic heterocycles. The Morgan fingerprint density at radius 2 is 1.54 bits per heavy atom. The highest BCUT2D eigenvalue weighted by Gasteiger charge is 2.43. The van der Waals surface area contributed by atoms with E-state index in [0.717, 1.165) is 12.0 Å². The molecule has 1 aliphatic rings. The number of nitrogens with one attached hydrogen (secondary N) is 3. The van der Waals surface area contributed by atoms with Gasteiger partial charge in [0.1, 0.15) is 17.5 Å². The highest BCUT2D eigenvalue weighted by Crippen LogP contribution is 2.30. The largest absolute Gasteiger partial charge is 0.497 e. The van der Waals surface area contributed by atoms with Crippen molar-refractivity contribution in [2.45, 2.75) is 136 Å². The summed E-state index contributed by atoms with van der Waals surface area (Å²) in [6.07, 6.45) is -0.382. The van der Waals surface area contributed by atoms with Gasteiger partial charge < -0.3 is 54.5 Å². The molecule has 1 heterocycles. The quantitative estimate of drug-likeness (QED) is 0.0975. The number of likely N-dealkylation sites (tertiary alicyclic amines) is 1. The topological polar surface area (TPSA) is 177 Å². The van der Waals surface area contributed by atoms with Crippen LogP contribution in [0.1, 0.15) is 85.3 Å². The summed E-state index contributed by atoms with van der Waals surface area (Å²) >= 11 is 0. The van der Waals surface area contributed by atoms with E-state index in [9.17, 15) is 24.3 Å². The third-order valence-corrected chi connectivity index (χ3v) is 12.6. The molecule has 15 nitrogen and oxygen atoms in total. The standard InChI is InChI=1S/C48H77N5O10/c1-14-31(6)43(52(9)47(57)42(30(4)5)51-46(56)41(49-8)29(2)3)39(61-12)27-40(54)53-24-18-21-37(53)44(62-13)32(7)45(55)50-36(25-33-19-16-15-17-20-33)48(58)63-28-34-22-23-35(59-10)26-38(34)60-11/h15-17,19-20,22-23,26,29-32,36-37,39,41-44,48-49,58H,14,18,21,24-25,27-28H2,1-13H3,(H,50,55)(H,51,56)/t31-,32+,36-,37-,39+,41-,42-,43-,44+,48?/m0/s1. The second kappa shape index (κ2) is 25.9. The number of ether oxygens (including phenoxy) is 5. The van der Waals surface area contributed by atoms with Crippen LogP contribution in [-0.2, 0) is 46.4 Å². The van der Waals surface area contributed by atoms with Crippen LogP contribution >= 0.6 is 0 Å². The molecule has 2 aromatic carbocycles. The number of carbonyl (C=O) groups is 4. The van der Waals surface area contributed by atoms with Crippen molar-refractivity contribution < 1.29 is 48.0 Å². The molecule has 10 atom stereocenters. The average molecular weight is 884 g/mol. The number of carbonyl (C=O) groups excluding carboxylic acids is 4. The van der Waals surface area contributed by atoms with Gasteiger partial charge in [-0.1, -0.05) is 85.2 Å². The van der Waals surface area contributed by atoms with E-state index in [1.165, 1.54) is 0 Å². The van der Waals surface area contributed by atoms with Gasteiger partial charge in [0.2, 0.25) is 23.6 Å². The Balaban J connectivity index is 1.80. The number of methoxy groups -OCH3 is 4. The van der Waals surface area contributed by atoms with Gasteiger partial charge in [0.05, 0.1) is 69.5 Å². The molecular formula is C48H77N5O10. The monoisotopic (exact) mass is 884 g/mol. The molecule has 4 N–H and O–H groups in total. The van der Waals surface area contributed by atoms with Crippen molar-refractivity contribution in [2.24, 2.45) is 23.7 Å². The van der Waals surface area contributed by atoms with Crippen LogP contribution in [0.25, 0.3) is 0 Å². The Morgan fingerprint density at radius 3 is 2.10 bits per heavy atom. The fraction of sp³-hybridized carbons (Fsp3) is 0.667. The molecule has 15 heteroatoms. The Kier molecular flexibility index (Phi) is 21.8. The summed E-state index contributed by atoms with van der Waals surface area (Å²) < 4.78 is 28.9. The molecule has 0 spiro atoms. The lowest BCUT2D eigenvalue weighted by Crippen LogP contribution is -2.59. The second-order valence-corrected chi connectivity index (χ2v) is 17.5. The number of benzene rings is 2. The van der Waals surface area contributed by atoms with Crippen molar-refractivity contribution >= 4 is 23.6 Å². The number of hydrogen-bond acceptors (Lipinski definition) is 11. The van der Waals surface area contributed by atoms with Gasteiger partial charge in [-0.2, -0.15) is 0 Å². The Labute approximate surface area is 376 Å². The number of aliphatic hydroxyl groups excluding tert-OH is 1. The lowest BCUT2D eigenvalue weighted by atomic mass is 9.89. The predicted octanol–water partition coefficient (Wildman–Crippen LogP) is 4.57. The normalized spacial score (nSPS) is 18.4. The van der Waals surface area contributed by atoms with Gasteiger partial charge in [-0.15, -0.1) is 0 Å². The number of aliphatic hydroxyl groups is 1. The summed E-state index contributed by atoms with van der Waals surface area (Å²) in [5.41, 5.74) is 1.59. The first kappa shape index (κ1) is 53.1. The van der Waals surface area contributed by atoms with Gasteiger partial charge in [0, 0.05) is 39.4 Å². The number of amides is 4. The van der Waals surface area contributed by atoms with Crippen LogP contribution in [0.2, 0.25) is 0 Å². The lowest BCUT2D eigenvalue weighted by Gasteiger charge is -2.41. The first-order valence-corrected chi connectivity index (χ1v) is 22.4. The molecule has 63 heavy (non-hydrogen) atoms. The molecule has 0 aliphatic carbocycles. The highest BCUT2D eigenvalue weighted by molar-refractivity contribution is 5.90. The van der Waals surface area contributed by atoms with Crippen molar-refractivity contribution in [3.8, 4) is 11.5 Å². The Hall–Kier alpha value is -4.28. The van der Waals surface area contributed by atoms with E-state index in [4.69, 9.17) is 23.7 Å². The van der Waals surface area contributed by atoms with Crippen LogP contribution in [0.15, 0.2) is 48.5 Å². The minimum Gasteiger partial charge on any atom is -0.497 e. The van der Waals surface area contributed by atoms with Crippen LogP contribution in [0.5, 0.6) is 11.5 Å². The molecule has 0 radical (unpaired) electrons. The molecule has 1 fully saturated rings. The summed E-state index contributed by atoms with van der Waals surface area (Å²) in [7, 11) is 9.65. The van der Waals surface area contributed by atoms with Gasteiger partial charge in [-0.25, -0.2) is 0 Å². The van der Waals surface area contributed by atoms with Crippen LogP contribution in [0, 0.1) is 23.7 Å². The van der Waals surface area contributed by atoms with Crippen LogP contribution < -0.4 is 25.4 Å². The summed E-state index contributed by atoms with van der Waals surface area (Å²) in [6.45, 7) is 14.0. The van der Waals surface area contributed by atoms with Gasteiger partial charge in [0.15, 0.2) is 6.29 Å². The third-order valence-electron chi connectivity index (χ3n) is 12.6. The highest BCUT2D eigenvalue weighted by atomic mass is 16.6. The van der Waals surface area contributed by atoms with Gasteiger partial charge in [0.25, 0.3) is 0 Å². The van der Waals surface area contributed by atoms with Crippen LogP contribution in [-0.4, -0.2) is 136 Å². The molecule has 354 valence electrons. The molecule has 3 rings (SSSR count). The first-order valence-electron chi connectivity index (χ1n) is 22.4. The Bertz CT molecular complexity index is 1730. The van der Waals surface area contributed by atoms with Crippen molar-refractivity contribution in [3.05, 3.63) is 59.7 Å². The minimum atomic E-state index is -1.38. The van der Waals surface area contributed by atoms with Crippen molar-refractivity contribution in [1.82, 2.24) is 25.8 Å². The SMILES string of the molecule is CC[C@H](C)[C@@H]([C@@H](CC(=O)N1CCC[C@H]1[C@H](OC)[C@@H](C)C(=O)N[C@@H](Cc1ccccc1)C(O)OCc1ccc(OC)cc1OC)OC)N(C)C(=O)[C@@H](NC(=O)[C@@H](NC)C(C)C)C(C)C. The van der Waals surface area contributed by atoms with E-state index in [1.54, 1.807) is 77.5 Å². The maximum absolute atomic E-state index is 14.4. The van der Waals surface area contributed by atoms with Crippen molar-refractivity contribution in [1.29, 1.82) is 0 Å². The fourth-order valence-corrected chi connectivity index (χ4v) is 8.72. The van der Waals surface area contributed by atoms with E-state index in [0.29, 0.717) is 36.4 Å². The summed E-state index contributed by atoms with van der Waals surface area (Å²) in [6, 6.07) is 11.9. The van der Waals surface area contributed by atoms with Gasteiger partial charge in [-0.05, 0) is 61.8 Å². The fourth-order valence-electron chi connectivity index (χ4n) is 8.72. The Morgan fingerprint density at radius 1 is 0.873 bits per heavy atom. The predicted molar refractivity (Wildman–Crippen MR) is 243 cm³/mol. The van der Waals surface area contributed by atoms with Crippen LogP contribution in [0.4, 0.5) is 0 Å². The molecule has 1 aliphatic heterocycles. The number of hydrogen-bond donors (Lipinski definition) is 4. The van der Waals surface area contributed by atoms with Gasteiger partial charge in [-0.3, -0.25) is 19.2 Å². The maximum atomic E-state index is 14.4. The molecule has 1 saturated heterocycles. The van der Waals surface area contributed by atoms with E-state index < -0.39 is 54.6 Å². The van der Waals surface area contributed by atoms with Gasteiger partial charge >= 0.3 is 0 Å². The second-order valence-electron chi connectivity index (χ2n) is 17.5. The average Bonchev–Trinajstić information content (AvgIpc) is 3.76. The van der Waals surface area contributed by atoms with Crippen LogP contribution in [0.3, 0.4) is 0 Å². The first-order chi connectivity index (χ1) is 30.0. The number of likely N-dealkylation sites (N-methyl/N-ethyl adjacent to an activating group) is 2. The zero-order valence-corrected chi connectivity index (χ0v) is 40.0.